The van der Waals surface area contributed by atoms with Crippen LogP contribution in [0.25, 0.3) is 0 Å². The van der Waals surface area contributed by atoms with Crippen LogP contribution in [-0.2, 0) is 0 Å². The minimum atomic E-state index is 0.693. The molecule has 0 unspecified atom stereocenters. The van der Waals surface area contributed by atoms with Crippen LogP contribution in [0.4, 0.5) is 0 Å². The van der Waals surface area contributed by atoms with Gasteiger partial charge in [-0.25, -0.2) is 0 Å². The quantitative estimate of drug-likeness (QED) is 0.838. The second-order valence-corrected chi connectivity index (χ2v) is 4.20. The molecule has 0 aliphatic rings. The summed E-state index contributed by atoms with van der Waals surface area (Å²) in [6.45, 7) is 5.69. The van der Waals surface area contributed by atoms with E-state index in [1.807, 2.05) is 7.05 Å². The van der Waals surface area contributed by atoms with E-state index in [1.54, 1.807) is 0 Å². The third kappa shape index (κ3) is 3.00. The summed E-state index contributed by atoms with van der Waals surface area (Å²) in [7, 11) is 1.92. The van der Waals surface area contributed by atoms with Crippen LogP contribution in [0, 0.1) is 13.8 Å². The van der Waals surface area contributed by atoms with Crippen LogP contribution in [0.2, 0.25) is 0 Å². The number of aryl methyl sites for hydroxylation is 2. The smallest absolute Gasteiger partial charge is 0.136 e. The van der Waals surface area contributed by atoms with Crippen molar-refractivity contribution < 1.29 is 4.74 Å². The molecule has 0 atom stereocenters. The molecule has 0 spiro atoms. The number of hydrogen-bond donors (Lipinski definition) is 1. The van der Waals surface area contributed by atoms with Crippen molar-refractivity contribution in [2.45, 2.75) is 13.8 Å². The second-order valence-electron chi connectivity index (χ2n) is 3.34. The number of hydrogen-bond acceptors (Lipinski definition) is 2. The first-order valence-electron chi connectivity index (χ1n) is 4.69. The van der Waals surface area contributed by atoms with E-state index in [4.69, 9.17) is 4.74 Å². The summed E-state index contributed by atoms with van der Waals surface area (Å²) >= 11 is 3.50. The Balaban J connectivity index is 2.75. The SMILES string of the molecule is CNCCOc1c(C)cc(C)cc1Br. The van der Waals surface area contributed by atoms with E-state index in [1.165, 1.54) is 11.1 Å². The van der Waals surface area contributed by atoms with Crippen molar-refractivity contribution in [2.75, 3.05) is 20.2 Å². The summed E-state index contributed by atoms with van der Waals surface area (Å²) in [4.78, 5) is 0. The van der Waals surface area contributed by atoms with Gasteiger partial charge < -0.3 is 10.1 Å². The number of benzene rings is 1. The van der Waals surface area contributed by atoms with Crippen LogP contribution in [0.5, 0.6) is 5.75 Å². The van der Waals surface area contributed by atoms with Crippen LogP contribution in [0.3, 0.4) is 0 Å². The molecule has 78 valence electrons. The lowest BCUT2D eigenvalue weighted by Crippen LogP contribution is -2.16. The van der Waals surface area contributed by atoms with Crippen molar-refractivity contribution in [3.05, 3.63) is 27.7 Å². The van der Waals surface area contributed by atoms with Crippen molar-refractivity contribution in [1.82, 2.24) is 5.32 Å². The zero-order chi connectivity index (χ0) is 10.6. The van der Waals surface area contributed by atoms with Gasteiger partial charge in [-0.05, 0) is 54.0 Å². The summed E-state index contributed by atoms with van der Waals surface area (Å²) in [5.74, 6) is 0.950. The molecule has 0 aromatic heterocycles. The Labute approximate surface area is 93.8 Å². The van der Waals surface area contributed by atoms with Crippen LogP contribution in [0.15, 0.2) is 16.6 Å². The maximum atomic E-state index is 5.65. The highest BCUT2D eigenvalue weighted by atomic mass is 79.9. The lowest BCUT2D eigenvalue weighted by atomic mass is 10.1. The molecule has 1 aromatic rings. The zero-order valence-electron chi connectivity index (χ0n) is 8.86. The van der Waals surface area contributed by atoms with Crippen LogP contribution < -0.4 is 10.1 Å². The van der Waals surface area contributed by atoms with E-state index in [0.717, 1.165) is 16.8 Å². The minimum Gasteiger partial charge on any atom is -0.491 e. The number of nitrogens with one attached hydrogen (secondary N) is 1. The molecule has 2 nitrogen and oxygen atoms in total. The first-order valence-corrected chi connectivity index (χ1v) is 5.48. The van der Waals surface area contributed by atoms with E-state index in [0.29, 0.717) is 6.61 Å². The highest BCUT2D eigenvalue weighted by molar-refractivity contribution is 9.10. The lowest BCUT2D eigenvalue weighted by Gasteiger charge is -2.11. The van der Waals surface area contributed by atoms with E-state index >= 15 is 0 Å². The molecule has 1 rings (SSSR count). The lowest BCUT2D eigenvalue weighted by molar-refractivity contribution is 0.314. The Bertz CT molecular complexity index is 289. The van der Waals surface area contributed by atoms with E-state index < -0.39 is 0 Å². The van der Waals surface area contributed by atoms with Gasteiger partial charge in [0.2, 0.25) is 0 Å². The second kappa shape index (κ2) is 5.37. The maximum Gasteiger partial charge on any atom is 0.136 e. The van der Waals surface area contributed by atoms with Crippen LogP contribution >= 0.6 is 15.9 Å². The van der Waals surface area contributed by atoms with Gasteiger partial charge in [0.05, 0.1) is 4.47 Å². The number of likely N-dealkylation sites (N-methyl/N-ethyl adjacent to an activating group) is 1. The minimum absolute atomic E-state index is 0.693. The molecule has 0 heterocycles. The Morgan fingerprint density at radius 3 is 2.64 bits per heavy atom. The molecule has 0 aliphatic heterocycles. The topological polar surface area (TPSA) is 21.3 Å². The molecule has 3 heteroatoms. The third-order valence-electron chi connectivity index (χ3n) is 1.97. The zero-order valence-corrected chi connectivity index (χ0v) is 10.4. The molecule has 0 saturated heterocycles. The summed E-state index contributed by atoms with van der Waals surface area (Å²) in [6, 6.07) is 4.20. The first-order chi connectivity index (χ1) is 6.65. The number of ether oxygens (including phenoxy) is 1. The number of rotatable bonds is 4. The largest absolute Gasteiger partial charge is 0.491 e. The number of halogens is 1. The van der Waals surface area contributed by atoms with Gasteiger partial charge in [0.25, 0.3) is 0 Å². The fraction of sp³-hybridized carbons (Fsp3) is 0.455. The van der Waals surface area contributed by atoms with Gasteiger partial charge in [0.1, 0.15) is 12.4 Å². The van der Waals surface area contributed by atoms with Crippen molar-refractivity contribution in [2.24, 2.45) is 0 Å². The van der Waals surface area contributed by atoms with Gasteiger partial charge in [-0.15, -0.1) is 0 Å². The monoisotopic (exact) mass is 257 g/mol. The average Bonchev–Trinajstić information content (AvgIpc) is 2.09. The summed E-state index contributed by atoms with van der Waals surface area (Å²) in [5.41, 5.74) is 2.42. The van der Waals surface area contributed by atoms with Crippen LogP contribution in [-0.4, -0.2) is 20.2 Å². The van der Waals surface area contributed by atoms with Crippen molar-refractivity contribution >= 4 is 15.9 Å². The Kier molecular flexibility index (Phi) is 4.42. The molecular weight excluding hydrogens is 242 g/mol. The third-order valence-corrected chi connectivity index (χ3v) is 2.56. The van der Waals surface area contributed by atoms with Crippen molar-refractivity contribution in [3.8, 4) is 5.75 Å². The molecule has 14 heavy (non-hydrogen) atoms. The van der Waals surface area contributed by atoms with Crippen LogP contribution in [0.1, 0.15) is 11.1 Å². The fourth-order valence-corrected chi connectivity index (χ4v) is 2.13. The van der Waals surface area contributed by atoms with Gasteiger partial charge in [-0.2, -0.15) is 0 Å². The predicted molar refractivity (Wildman–Crippen MR) is 63.0 cm³/mol. The van der Waals surface area contributed by atoms with E-state index in [9.17, 15) is 0 Å². The van der Waals surface area contributed by atoms with E-state index in [-0.39, 0.29) is 0 Å². The molecule has 0 bridgehead atoms. The first kappa shape index (κ1) is 11.5. The Hall–Kier alpha value is -0.540. The molecule has 0 amide bonds. The van der Waals surface area contributed by atoms with Gasteiger partial charge in [-0.1, -0.05) is 6.07 Å². The molecule has 0 fully saturated rings. The summed E-state index contributed by atoms with van der Waals surface area (Å²) in [6.07, 6.45) is 0. The highest BCUT2D eigenvalue weighted by Gasteiger charge is 2.05. The molecule has 0 radical (unpaired) electrons. The molecule has 0 saturated carbocycles. The molecule has 1 aromatic carbocycles. The normalized spacial score (nSPS) is 10.3. The fourth-order valence-electron chi connectivity index (χ4n) is 1.34. The standard InChI is InChI=1S/C11H16BrNO/c1-8-6-9(2)11(10(12)7-8)14-5-4-13-3/h6-7,13H,4-5H2,1-3H3. The molecule has 1 N–H and O–H groups in total. The van der Waals surface area contributed by atoms with Gasteiger partial charge in [0, 0.05) is 6.54 Å². The summed E-state index contributed by atoms with van der Waals surface area (Å²) in [5, 5.41) is 3.05. The van der Waals surface area contributed by atoms with Crippen molar-refractivity contribution in [3.63, 3.8) is 0 Å². The summed E-state index contributed by atoms with van der Waals surface area (Å²) < 4.78 is 6.69. The van der Waals surface area contributed by atoms with Crippen molar-refractivity contribution in [1.29, 1.82) is 0 Å². The average molecular weight is 258 g/mol. The van der Waals surface area contributed by atoms with Gasteiger partial charge in [-0.3, -0.25) is 0 Å². The highest BCUT2D eigenvalue weighted by Crippen LogP contribution is 2.29. The van der Waals surface area contributed by atoms with E-state index in [2.05, 4.69) is 47.2 Å². The predicted octanol–water partition coefficient (Wildman–Crippen LogP) is 2.66. The van der Waals surface area contributed by atoms with Gasteiger partial charge in [0.15, 0.2) is 0 Å². The molecule has 0 aliphatic carbocycles. The maximum absolute atomic E-state index is 5.65. The van der Waals surface area contributed by atoms with Gasteiger partial charge >= 0.3 is 0 Å². The Morgan fingerprint density at radius 1 is 1.36 bits per heavy atom. The molecular formula is C11H16BrNO. The Morgan fingerprint density at radius 2 is 2.07 bits per heavy atom.